The number of aliphatic hydroxyl groups excluding tert-OH is 1. The first-order chi connectivity index (χ1) is 13.9. The molecular weight excluding hydrogens is 414 g/mol. The van der Waals surface area contributed by atoms with Crippen LogP contribution in [0.4, 0.5) is 0 Å². The Kier molecular flexibility index (Phi) is 6.41. The first-order valence-corrected chi connectivity index (χ1v) is 9.78. The molecule has 0 saturated carbocycles. The van der Waals surface area contributed by atoms with E-state index in [9.17, 15) is 19.8 Å². The molecule has 0 aromatic heterocycles. The molecule has 0 fully saturated rings. The van der Waals surface area contributed by atoms with Crippen LogP contribution in [0.5, 0.6) is 5.75 Å². The normalized spacial score (nSPS) is 16.5. The fourth-order valence-corrected chi connectivity index (χ4v) is 3.75. The molecule has 8 heteroatoms. The summed E-state index contributed by atoms with van der Waals surface area (Å²) in [5.41, 5.74) is 0.394. The van der Waals surface area contributed by atoms with Crippen LogP contribution < -0.4 is 0 Å². The Morgan fingerprint density at radius 3 is 2.52 bits per heavy atom. The fourth-order valence-electron chi connectivity index (χ4n) is 2.53. The van der Waals surface area contributed by atoms with Crippen LogP contribution in [0.25, 0.3) is 6.08 Å². The van der Waals surface area contributed by atoms with E-state index in [0.29, 0.717) is 5.56 Å². The van der Waals surface area contributed by atoms with Gasteiger partial charge in [-0.25, -0.2) is 9.79 Å². The second-order valence-electron chi connectivity index (χ2n) is 5.82. The van der Waals surface area contributed by atoms with Gasteiger partial charge in [0, 0.05) is 5.56 Å². The molecule has 0 saturated heterocycles. The number of carbonyl (C=O) groups excluding carboxylic acids is 2. The monoisotopic (exact) mass is 429 g/mol. The lowest BCUT2D eigenvalue weighted by atomic mass is 10.1. The first-order valence-electron chi connectivity index (χ1n) is 8.58. The predicted molar refractivity (Wildman–Crippen MR) is 113 cm³/mol. The summed E-state index contributed by atoms with van der Waals surface area (Å²) in [5.74, 6) is -1.83. The van der Waals surface area contributed by atoms with E-state index >= 15 is 0 Å². The molecule has 0 aliphatic carbocycles. The molecule has 2 aromatic carbocycles. The van der Waals surface area contributed by atoms with E-state index in [1.54, 1.807) is 43.3 Å². The van der Waals surface area contributed by atoms with Gasteiger partial charge in [0.25, 0.3) is 5.91 Å². The number of hydrogen-bond acceptors (Lipinski definition) is 6. The third-order valence-electron chi connectivity index (χ3n) is 3.90. The summed E-state index contributed by atoms with van der Waals surface area (Å²) in [6.07, 6.45) is 1.50. The topological polar surface area (TPSA) is 96.2 Å². The number of phenols is 1. The van der Waals surface area contributed by atoms with Gasteiger partial charge in [-0.15, -0.1) is 0 Å². The number of thioether (sulfide) groups is 1. The van der Waals surface area contributed by atoms with Gasteiger partial charge >= 0.3 is 5.97 Å². The minimum Gasteiger partial charge on any atom is -0.507 e. The van der Waals surface area contributed by atoms with Gasteiger partial charge in [0.2, 0.25) is 0 Å². The summed E-state index contributed by atoms with van der Waals surface area (Å²) >= 11 is 6.97. The van der Waals surface area contributed by atoms with Crippen molar-refractivity contribution in [2.24, 2.45) is 4.99 Å². The highest BCUT2D eigenvalue weighted by atomic mass is 35.5. The van der Waals surface area contributed by atoms with Crippen LogP contribution in [0.2, 0.25) is 5.02 Å². The van der Waals surface area contributed by atoms with Gasteiger partial charge in [-0.05, 0) is 31.2 Å². The highest BCUT2D eigenvalue weighted by Gasteiger charge is 2.34. The Labute approximate surface area is 176 Å². The molecule has 0 radical (unpaired) electrons. The van der Waals surface area contributed by atoms with E-state index in [2.05, 4.69) is 4.99 Å². The molecule has 2 aromatic rings. The summed E-state index contributed by atoms with van der Waals surface area (Å²) in [4.78, 5) is 29.2. The smallest absolute Gasteiger partial charge is 0.344 e. The molecule has 0 bridgehead atoms. The average molecular weight is 430 g/mol. The molecule has 1 aliphatic heterocycles. The van der Waals surface area contributed by atoms with Crippen LogP contribution in [-0.4, -0.2) is 33.7 Å². The standard InChI is InChI=1S/C21H16ClNO5S/c1-2-28-21(27)17-18(25)16(11-12-7-3-6-10-15(12)24)29-20(17)23-19(26)13-8-4-5-9-14(13)22/h3-11,24-25H,2H2,1H3/b16-11-,23-20?. The summed E-state index contributed by atoms with van der Waals surface area (Å²) in [6.45, 7) is 1.71. The average Bonchev–Trinajstić information content (AvgIpc) is 2.99. The number of benzene rings is 2. The zero-order valence-electron chi connectivity index (χ0n) is 15.3. The summed E-state index contributed by atoms with van der Waals surface area (Å²) in [5, 5.41) is 20.8. The molecule has 1 heterocycles. The van der Waals surface area contributed by atoms with Crippen molar-refractivity contribution in [2.75, 3.05) is 6.61 Å². The zero-order valence-corrected chi connectivity index (χ0v) is 16.8. The van der Waals surface area contributed by atoms with Gasteiger partial charge in [0.05, 0.1) is 22.1 Å². The van der Waals surface area contributed by atoms with Gasteiger partial charge in [-0.2, -0.15) is 0 Å². The summed E-state index contributed by atoms with van der Waals surface area (Å²) in [6, 6.07) is 12.9. The molecule has 0 atom stereocenters. The van der Waals surface area contributed by atoms with Gasteiger partial charge in [-0.1, -0.05) is 53.7 Å². The Hall–Kier alpha value is -3.03. The number of halogens is 1. The number of esters is 1. The van der Waals surface area contributed by atoms with E-state index in [-0.39, 0.29) is 44.2 Å². The SMILES string of the molecule is CCOC(=O)C1=C(O)/C(=C/c2ccccc2O)SC1=NC(=O)c1ccccc1Cl. The highest BCUT2D eigenvalue weighted by molar-refractivity contribution is 8.18. The lowest BCUT2D eigenvalue weighted by molar-refractivity contribution is -0.138. The number of rotatable bonds is 4. The maximum absolute atomic E-state index is 12.6. The highest BCUT2D eigenvalue weighted by Crippen LogP contribution is 2.40. The molecule has 1 amide bonds. The van der Waals surface area contributed by atoms with Crippen molar-refractivity contribution in [3.63, 3.8) is 0 Å². The second-order valence-corrected chi connectivity index (χ2v) is 7.25. The number of nitrogens with zero attached hydrogens (tertiary/aromatic N) is 1. The van der Waals surface area contributed by atoms with Crippen LogP contribution >= 0.6 is 23.4 Å². The lowest BCUT2D eigenvalue weighted by Crippen LogP contribution is -2.14. The maximum Gasteiger partial charge on any atom is 0.344 e. The van der Waals surface area contributed by atoms with Crippen LogP contribution in [0.15, 0.2) is 69.8 Å². The first kappa shape index (κ1) is 20.7. The van der Waals surface area contributed by atoms with Gasteiger partial charge in [0.1, 0.15) is 22.1 Å². The molecule has 148 valence electrons. The van der Waals surface area contributed by atoms with Gasteiger partial charge in [-0.3, -0.25) is 4.79 Å². The number of aliphatic imine (C=N–C) groups is 1. The van der Waals surface area contributed by atoms with Crippen molar-refractivity contribution in [1.82, 2.24) is 0 Å². The maximum atomic E-state index is 12.6. The van der Waals surface area contributed by atoms with E-state index in [1.807, 2.05) is 0 Å². The predicted octanol–water partition coefficient (Wildman–Crippen LogP) is 4.75. The third-order valence-corrected chi connectivity index (χ3v) is 5.25. The largest absolute Gasteiger partial charge is 0.507 e. The van der Waals surface area contributed by atoms with Crippen LogP contribution in [0.1, 0.15) is 22.8 Å². The Morgan fingerprint density at radius 2 is 1.83 bits per heavy atom. The Bertz CT molecular complexity index is 1070. The number of hydrogen-bond donors (Lipinski definition) is 2. The molecule has 0 unspecified atom stereocenters. The number of aromatic hydroxyl groups is 1. The van der Waals surface area contributed by atoms with Crippen molar-refractivity contribution < 1.29 is 24.5 Å². The number of phenolic OH excluding ortho intramolecular Hbond substituents is 1. The van der Waals surface area contributed by atoms with Crippen LogP contribution in [0.3, 0.4) is 0 Å². The van der Waals surface area contributed by atoms with Crippen molar-refractivity contribution in [3.8, 4) is 5.75 Å². The number of aliphatic hydroxyl groups is 1. The van der Waals surface area contributed by atoms with E-state index < -0.39 is 11.9 Å². The quantitative estimate of drug-likeness (QED) is 0.681. The number of ether oxygens (including phenoxy) is 1. The number of para-hydroxylation sites is 1. The van der Waals surface area contributed by atoms with E-state index in [0.717, 1.165) is 11.8 Å². The minimum atomic E-state index is -0.802. The van der Waals surface area contributed by atoms with Gasteiger partial charge < -0.3 is 14.9 Å². The summed E-state index contributed by atoms with van der Waals surface area (Å²) < 4.78 is 4.99. The zero-order chi connectivity index (χ0) is 21.0. The van der Waals surface area contributed by atoms with Crippen molar-refractivity contribution in [1.29, 1.82) is 0 Å². The molecule has 2 N–H and O–H groups in total. The molecule has 3 rings (SSSR count). The lowest BCUT2D eigenvalue weighted by Gasteiger charge is -2.04. The number of amides is 1. The van der Waals surface area contributed by atoms with Gasteiger partial charge in [0.15, 0.2) is 0 Å². The molecule has 29 heavy (non-hydrogen) atoms. The van der Waals surface area contributed by atoms with E-state index in [1.165, 1.54) is 18.2 Å². The van der Waals surface area contributed by atoms with E-state index in [4.69, 9.17) is 16.3 Å². The van der Waals surface area contributed by atoms with Crippen LogP contribution in [-0.2, 0) is 9.53 Å². The third kappa shape index (κ3) is 4.52. The molecule has 6 nitrogen and oxygen atoms in total. The minimum absolute atomic E-state index is 0.00335. The number of carbonyl (C=O) groups is 2. The molecule has 1 aliphatic rings. The summed E-state index contributed by atoms with van der Waals surface area (Å²) in [7, 11) is 0. The Morgan fingerprint density at radius 1 is 1.14 bits per heavy atom. The molecular formula is C21H16ClNO5S. The fraction of sp³-hybridized carbons (Fsp3) is 0.0952. The second kappa shape index (κ2) is 8.98. The molecule has 0 spiro atoms. The Balaban J connectivity index is 2.05. The van der Waals surface area contributed by atoms with Crippen molar-refractivity contribution in [3.05, 3.63) is 80.9 Å². The van der Waals surface area contributed by atoms with Crippen molar-refractivity contribution >= 4 is 46.4 Å². The van der Waals surface area contributed by atoms with Crippen molar-refractivity contribution in [2.45, 2.75) is 6.92 Å². The van der Waals surface area contributed by atoms with Crippen LogP contribution in [0, 0.1) is 0 Å².